The van der Waals surface area contributed by atoms with Gasteiger partial charge in [0.05, 0.1) is 26.4 Å². The van der Waals surface area contributed by atoms with Crippen molar-refractivity contribution in [2.24, 2.45) is 0 Å². The summed E-state index contributed by atoms with van der Waals surface area (Å²) >= 11 is 0. The summed E-state index contributed by atoms with van der Waals surface area (Å²) in [6.07, 6.45) is 19.8. The molecule has 0 fully saturated rings. The number of carbonyl (C=O) groups is 2. The Kier molecular flexibility index (Phi) is 22.7. The van der Waals surface area contributed by atoms with Crippen molar-refractivity contribution in [2.45, 2.75) is 83.8 Å². The Labute approximate surface area is 226 Å². The fourth-order valence-corrected chi connectivity index (χ4v) is 3.53. The van der Waals surface area contributed by atoms with E-state index in [-0.39, 0.29) is 12.8 Å². The first-order chi connectivity index (χ1) is 18.3. The zero-order valence-corrected chi connectivity index (χ0v) is 23.5. The monoisotopic (exact) mass is 560 g/mol. The van der Waals surface area contributed by atoms with Crippen molar-refractivity contribution in [1.82, 2.24) is 0 Å². The molecule has 0 amide bonds. The molecule has 0 rings (SSSR count). The van der Waals surface area contributed by atoms with E-state index in [0.717, 1.165) is 32.1 Å². The van der Waals surface area contributed by atoms with Crippen LogP contribution in [0, 0.1) is 0 Å². The van der Waals surface area contributed by atoms with Crippen molar-refractivity contribution >= 4 is 19.8 Å². The second kappa shape index (κ2) is 24.0. The predicted molar refractivity (Wildman–Crippen MR) is 145 cm³/mol. The molecule has 0 aliphatic heterocycles. The second-order valence-corrected chi connectivity index (χ2v) is 9.75. The number of hydrogen-bond acceptors (Lipinski definition) is 9. The molecule has 3 unspecified atom stereocenters. The van der Waals surface area contributed by atoms with Gasteiger partial charge in [-0.1, -0.05) is 68.9 Å². The third-order valence-corrected chi connectivity index (χ3v) is 5.77. The summed E-state index contributed by atoms with van der Waals surface area (Å²) in [6, 6.07) is 0. The topological polar surface area (TPSA) is 149 Å². The molecule has 218 valence electrons. The molecule has 3 atom stereocenters. The molecular weight excluding hydrogens is 515 g/mol. The van der Waals surface area contributed by atoms with Crippen molar-refractivity contribution < 1.29 is 47.8 Å². The van der Waals surface area contributed by atoms with Gasteiger partial charge in [0, 0.05) is 12.8 Å². The van der Waals surface area contributed by atoms with Crippen LogP contribution >= 0.6 is 7.82 Å². The second-order valence-electron chi connectivity index (χ2n) is 8.29. The quantitative estimate of drug-likeness (QED) is 0.0912. The Morgan fingerprint density at radius 2 is 1.18 bits per heavy atom. The standard InChI is InChI=1S/C27H45O10P/c1-3-5-7-8-9-10-11-12-13-14-15-16-17-19-27(31)37-25(21-29)23-35-38(32,33)34-22-24(20-28)36-26(30)18-6-4-2/h5,7,9-10,12-13,15-16,24-25,28-29H,3-4,6,8,11,14,17-23H2,1-2H3,(H,32,33)/b7-5-,10-9-,13-12-,16-15-. The minimum Gasteiger partial charge on any atom is -0.457 e. The van der Waals surface area contributed by atoms with Crippen LogP contribution in [0.2, 0.25) is 0 Å². The number of carbonyl (C=O) groups excluding carboxylic acids is 2. The van der Waals surface area contributed by atoms with Crippen molar-refractivity contribution in [3.05, 3.63) is 48.6 Å². The first-order valence-corrected chi connectivity index (χ1v) is 14.6. The molecule has 11 heteroatoms. The van der Waals surface area contributed by atoms with Gasteiger partial charge in [0.15, 0.2) is 0 Å². The average molecular weight is 561 g/mol. The molecule has 0 saturated carbocycles. The minimum absolute atomic E-state index is 0.0690. The summed E-state index contributed by atoms with van der Waals surface area (Å²) in [5, 5.41) is 18.7. The highest BCUT2D eigenvalue weighted by Gasteiger charge is 2.27. The van der Waals surface area contributed by atoms with Crippen molar-refractivity contribution in [3.8, 4) is 0 Å². The van der Waals surface area contributed by atoms with Gasteiger partial charge in [0.2, 0.25) is 0 Å². The van der Waals surface area contributed by atoms with E-state index in [4.69, 9.17) is 18.5 Å². The number of hydrogen-bond donors (Lipinski definition) is 3. The Morgan fingerprint density at radius 3 is 1.63 bits per heavy atom. The lowest BCUT2D eigenvalue weighted by molar-refractivity contribution is -0.153. The Hall–Kier alpha value is -2.07. The van der Waals surface area contributed by atoms with E-state index in [9.17, 15) is 29.3 Å². The largest absolute Gasteiger partial charge is 0.472 e. The molecule has 0 aromatic carbocycles. The predicted octanol–water partition coefficient (Wildman–Crippen LogP) is 4.70. The van der Waals surface area contributed by atoms with E-state index in [1.807, 2.05) is 25.2 Å². The maximum absolute atomic E-state index is 12.1. The minimum atomic E-state index is -4.62. The average Bonchev–Trinajstić information content (AvgIpc) is 2.90. The van der Waals surface area contributed by atoms with Crippen LogP contribution in [0.5, 0.6) is 0 Å². The lowest BCUT2D eigenvalue weighted by atomic mass is 10.2. The number of unbranched alkanes of at least 4 members (excludes halogenated alkanes) is 1. The van der Waals surface area contributed by atoms with Gasteiger partial charge in [-0.3, -0.25) is 18.6 Å². The van der Waals surface area contributed by atoms with Gasteiger partial charge in [-0.15, -0.1) is 0 Å². The van der Waals surface area contributed by atoms with Gasteiger partial charge in [-0.05, 0) is 38.5 Å². The zero-order chi connectivity index (χ0) is 28.5. The highest BCUT2D eigenvalue weighted by molar-refractivity contribution is 7.47. The van der Waals surface area contributed by atoms with Crippen molar-refractivity contribution in [2.75, 3.05) is 26.4 Å². The van der Waals surface area contributed by atoms with Gasteiger partial charge in [-0.2, -0.15) is 0 Å². The third kappa shape index (κ3) is 22.0. The van der Waals surface area contributed by atoms with Crippen LogP contribution in [-0.4, -0.2) is 65.7 Å². The van der Waals surface area contributed by atoms with Gasteiger partial charge in [0.1, 0.15) is 12.2 Å². The van der Waals surface area contributed by atoms with E-state index >= 15 is 0 Å². The van der Waals surface area contributed by atoms with Gasteiger partial charge < -0.3 is 24.6 Å². The summed E-state index contributed by atoms with van der Waals surface area (Å²) < 4.78 is 31.6. The van der Waals surface area contributed by atoms with E-state index in [1.54, 1.807) is 0 Å². The number of esters is 2. The summed E-state index contributed by atoms with van der Waals surface area (Å²) in [5.41, 5.74) is 0. The molecule has 0 spiro atoms. The summed E-state index contributed by atoms with van der Waals surface area (Å²) in [7, 11) is -4.62. The van der Waals surface area contributed by atoms with Crippen molar-refractivity contribution in [1.29, 1.82) is 0 Å². The Balaban J connectivity index is 4.21. The number of aliphatic hydroxyl groups is 2. The van der Waals surface area contributed by atoms with Crippen LogP contribution in [0.15, 0.2) is 48.6 Å². The molecule has 0 saturated heterocycles. The van der Waals surface area contributed by atoms with Gasteiger partial charge in [-0.25, -0.2) is 4.57 Å². The van der Waals surface area contributed by atoms with E-state index in [2.05, 4.69) is 37.3 Å². The summed E-state index contributed by atoms with van der Waals surface area (Å²) in [4.78, 5) is 33.4. The smallest absolute Gasteiger partial charge is 0.457 e. The molecule has 0 aliphatic rings. The molecule has 0 radical (unpaired) electrons. The fraction of sp³-hybridized carbons (Fsp3) is 0.630. The molecule has 0 heterocycles. The Morgan fingerprint density at radius 1 is 0.737 bits per heavy atom. The zero-order valence-electron chi connectivity index (χ0n) is 22.6. The first kappa shape index (κ1) is 35.9. The highest BCUT2D eigenvalue weighted by Crippen LogP contribution is 2.43. The molecule has 0 aromatic rings. The molecule has 0 aliphatic carbocycles. The molecule has 3 N–H and O–H groups in total. The van der Waals surface area contributed by atoms with Crippen LogP contribution in [0.4, 0.5) is 0 Å². The van der Waals surface area contributed by atoms with E-state index in [0.29, 0.717) is 12.8 Å². The lowest BCUT2D eigenvalue weighted by Crippen LogP contribution is -2.28. The number of phosphoric ester groups is 1. The van der Waals surface area contributed by atoms with E-state index < -0.39 is 58.4 Å². The molecular formula is C27H45O10P. The molecule has 0 bridgehead atoms. The molecule has 0 aromatic heterocycles. The fourth-order valence-electron chi connectivity index (χ4n) is 2.75. The molecule has 10 nitrogen and oxygen atoms in total. The maximum atomic E-state index is 12.1. The number of allylic oxidation sites excluding steroid dienone is 8. The van der Waals surface area contributed by atoms with Crippen LogP contribution in [0.25, 0.3) is 0 Å². The normalized spacial score (nSPS) is 15.4. The SMILES string of the molecule is CC/C=C\C/C=C\C/C=C\C/C=C\CCC(=O)OC(CO)COP(=O)(O)OCC(CO)OC(=O)CCCC. The number of aliphatic hydroxyl groups excluding tert-OH is 2. The number of rotatable bonds is 23. The number of phosphoric acid groups is 1. The van der Waals surface area contributed by atoms with Gasteiger partial charge in [0.25, 0.3) is 0 Å². The lowest BCUT2D eigenvalue weighted by Gasteiger charge is -2.20. The number of ether oxygens (including phenoxy) is 2. The van der Waals surface area contributed by atoms with Crippen LogP contribution < -0.4 is 0 Å². The molecule has 38 heavy (non-hydrogen) atoms. The van der Waals surface area contributed by atoms with Crippen LogP contribution in [-0.2, 0) is 32.7 Å². The highest BCUT2D eigenvalue weighted by atomic mass is 31.2. The maximum Gasteiger partial charge on any atom is 0.472 e. The van der Waals surface area contributed by atoms with Gasteiger partial charge >= 0.3 is 19.8 Å². The van der Waals surface area contributed by atoms with E-state index in [1.165, 1.54) is 0 Å². The first-order valence-electron chi connectivity index (χ1n) is 13.1. The third-order valence-electron chi connectivity index (χ3n) is 4.82. The summed E-state index contributed by atoms with van der Waals surface area (Å²) in [5.74, 6) is -1.15. The van der Waals surface area contributed by atoms with Crippen molar-refractivity contribution in [3.63, 3.8) is 0 Å². The van der Waals surface area contributed by atoms with Crippen LogP contribution in [0.1, 0.15) is 71.6 Å². The van der Waals surface area contributed by atoms with Crippen LogP contribution in [0.3, 0.4) is 0 Å². The summed E-state index contributed by atoms with van der Waals surface area (Å²) in [6.45, 7) is 1.63. The Bertz CT molecular complexity index is 791.